The fourth-order valence-electron chi connectivity index (χ4n) is 3.31. The minimum atomic E-state index is -0.0395. The average Bonchev–Trinajstić information content (AvgIpc) is 2.96. The first-order valence-electron chi connectivity index (χ1n) is 9.58. The summed E-state index contributed by atoms with van der Waals surface area (Å²) in [5, 5.41) is 0. The predicted octanol–water partition coefficient (Wildman–Crippen LogP) is 3.91. The second kappa shape index (κ2) is 8.79. The number of carbonyl (C=O) groups excluding carboxylic acids is 1. The Bertz CT molecular complexity index is 709. The van der Waals surface area contributed by atoms with E-state index < -0.39 is 0 Å². The Morgan fingerprint density at radius 3 is 2.42 bits per heavy atom. The molecule has 0 radical (unpaired) electrons. The fraction of sp³-hybridized carbons (Fsp3) is 0.476. The normalized spacial score (nSPS) is 15.0. The van der Waals surface area contributed by atoms with E-state index in [0.717, 1.165) is 31.5 Å². The van der Waals surface area contributed by atoms with Gasteiger partial charge in [0.1, 0.15) is 5.69 Å². The van der Waals surface area contributed by atoms with Crippen molar-refractivity contribution in [2.45, 2.75) is 52.1 Å². The second-order valence-electron chi connectivity index (χ2n) is 7.16. The highest BCUT2D eigenvalue weighted by atomic mass is 16.2. The van der Waals surface area contributed by atoms with Gasteiger partial charge in [0.15, 0.2) is 0 Å². The van der Waals surface area contributed by atoms with Crippen molar-refractivity contribution in [1.29, 1.82) is 0 Å². The van der Waals surface area contributed by atoms with Gasteiger partial charge in [-0.15, -0.1) is 0 Å². The number of anilines is 1. The van der Waals surface area contributed by atoms with Crippen LogP contribution in [0.1, 0.15) is 55.6 Å². The van der Waals surface area contributed by atoms with Crippen molar-refractivity contribution in [3.63, 3.8) is 0 Å². The summed E-state index contributed by atoms with van der Waals surface area (Å²) >= 11 is 0. The van der Waals surface area contributed by atoms with Crippen LogP contribution >= 0.6 is 0 Å². The smallest absolute Gasteiger partial charge is 0.273 e. The van der Waals surface area contributed by atoms with Gasteiger partial charge in [0.2, 0.25) is 5.95 Å². The fourth-order valence-corrected chi connectivity index (χ4v) is 3.31. The van der Waals surface area contributed by atoms with Gasteiger partial charge in [0, 0.05) is 31.9 Å². The van der Waals surface area contributed by atoms with Gasteiger partial charge in [0.05, 0.1) is 0 Å². The van der Waals surface area contributed by atoms with E-state index in [1.165, 1.54) is 12.8 Å². The quantitative estimate of drug-likeness (QED) is 0.819. The highest BCUT2D eigenvalue weighted by Crippen LogP contribution is 2.17. The number of aromatic nitrogens is 2. The number of amides is 1. The van der Waals surface area contributed by atoms with Crippen LogP contribution in [-0.2, 0) is 6.54 Å². The SMILES string of the molecule is CC(C)N(Cc1ccccc1)C(=O)c1ccnc(N2CCCCCC2)n1. The molecule has 1 aliphatic heterocycles. The van der Waals surface area contributed by atoms with Crippen LogP contribution in [0, 0.1) is 0 Å². The van der Waals surface area contributed by atoms with E-state index in [1.807, 2.05) is 49.1 Å². The lowest BCUT2D eigenvalue weighted by molar-refractivity contribution is 0.0684. The standard InChI is InChI=1S/C21H28N4O/c1-17(2)25(16-18-10-6-5-7-11-18)20(26)19-12-13-22-21(23-19)24-14-8-3-4-9-15-24/h5-7,10-13,17H,3-4,8-9,14-16H2,1-2H3. The van der Waals surface area contributed by atoms with Gasteiger partial charge in [0.25, 0.3) is 5.91 Å². The molecule has 0 unspecified atom stereocenters. The first-order chi connectivity index (χ1) is 12.6. The summed E-state index contributed by atoms with van der Waals surface area (Å²) < 4.78 is 0. The van der Waals surface area contributed by atoms with E-state index in [9.17, 15) is 4.79 Å². The molecule has 0 atom stereocenters. The summed E-state index contributed by atoms with van der Waals surface area (Å²) in [4.78, 5) is 26.2. The van der Waals surface area contributed by atoms with Crippen molar-refractivity contribution in [1.82, 2.24) is 14.9 Å². The Labute approximate surface area is 156 Å². The number of benzene rings is 1. The molecule has 0 aliphatic carbocycles. The number of rotatable bonds is 5. The van der Waals surface area contributed by atoms with Crippen molar-refractivity contribution in [2.75, 3.05) is 18.0 Å². The van der Waals surface area contributed by atoms with Crippen LogP contribution < -0.4 is 4.90 Å². The summed E-state index contributed by atoms with van der Waals surface area (Å²) in [6, 6.07) is 11.9. The van der Waals surface area contributed by atoms with E-state index in [2.05, 4.69) is 14.9 Å². The van der Waals surface area contributed by atoms with Gasteiger partial charge in [-0.3, -0.25) is 4.79 Å². The summed E-state index contributed by atoms with van der Waals surface area (Å²) in [6.45, 7) is 6.60. The van der Waals surface area contributed by atoms with Crippen LogP contribution in [0.25, 0.3) is 0 Å². The molecule has 1 aliphatic rings. The maximum absolute atomic E-state index is 13.1. The molecule has 1 saturated heterocycles. The Balaban J connectivity index is 1.79. The average molecular weight is 352 g/mol. The molecule has 5 nitrogen and oxygen atoms in total. The Hall–Kier alpha value is -2.43. The molecule has 138 valence electrons. The molecular formula is C21H28N4O. The zero-order chi connectivity index (χ0) is 18.4. The van der Waals surface area contributed by atoms with Crippen molar-refractivity contribution in [3.8, 4) is 0 Å². The number of carbonyl (C=O) groups is 1. The topological polar surface area (TPSA) is 49.3 Å². The molecule has 0 spiro atoms. The highest BCUT2D eigenvalue weighted by molar-refractivity contribution is 5.92. The zero-order valence-corrected chi connectivity index (χ0v) is 15.8. The van der Waals surface area contributed by atoms with Gasteiger partial charge in [-0.1, -0.05) is 43.2 Å². The highest BCUT2D eigenvalue weighted by Gasteiger charge is 2.22. The van der Waals surface area contributed by atoms with E-state index in [1.54, 1.807) is 12.3 Å². The molecule has 2 heterocycles. The first kappa shape index (κ1) is 18.4. The molecule has 0 bridgehead atoms. The van der Waals surface area contributed by atoms with Gasteiger partial charge < -0.3 is 9.80 Å². The van der Waals surface area contributed by atoms with Crippen molar-refractivity contribution < 1.29 is 4.79 Å². The predicted molar refractivity (Wildman–Crippen MR) is 104 cm³/mol. The largest absolute Gasteiger partial charge is 0.341 e. The lowest BCUT2D eigenvalue weighted by Crippen LogP contribution is -2.37. The molecule has 1 fully saturated rings. The third-order valence-corrected chi connectivity index (χ3v) is 4.83. The summed E-state index contributed by atoms with van der Waals surface area (Å²) in [6.07, 6.45) is 6.55. The van der Waals surface area contributed by atoms with Crippen LogP contribution in [0.15, 0.2) is 42.6 Å². The zero-order valence-electron chi connectivity index (χ0n) is 15.8. The molecule has 1 aromatic carbocycles. The maximum atomic E-state index is 13.1. The van der Waals surface area contributed by atoms with E-state index in [0.29, 0.717) is 18.2 Å². The number of hydrogen-bond acceptors (Lipinski definition) is 4. The van der Waals surface area contributed by atoms with E-state index in [4.69, 9.17) is 0 Å². The van der Waals surface area contributed by atoms with Gasteiger partial charge >= 0.3 is 0 Å². The second-order valence-corrected chi connectivity index (χ2v) is 7.16. The number of hydrogen-bond donors (Lipinski definition) is 0. The minimum Gasteiger partial charge on any atom is -0.341 e. The van der Waals surface area contributed by atoms with E-state index in [-0.39, 0.29) is 11.9 Å². The molecule has 1 aromatic heterocycles. The molecule has 26 heavy (non-hydrogen) atoms. The van der Waals surface area contributed by atoms with Crippen molar-refractivity contribution in [2.24, 2.45) is 0 Å². The molecular weight excluding hydrogens is 324 g/mol. The lowest BCUT2D eigenvalue weighted by atomic mass is 10.1. The third kappa shape index (κ3) is 4.59. The lowest BCUT2D eigenvalue weighted by Gasteiger charge is -2.27. The Morgan fingerprint density at radius 1 is 1.08 bits per heavy atom. The maximum Gasteiger partial charge on any atom is 0.273 e. The van der Waals surface area contributed by atoms with Gasteiger partial charge in [-0.25, -0.2) is 9.97 Å². The molecule has 3 rings (SSSR count). The molecule has 0 saturated carbocycles. The van der Waals surface area contributed by atoms with Crippen LogP contribution in [0.3, 0.4) is 0 Å². The van der Waals surface area contributed by atoms with Crippen LogP contribution in [0.4, 0.5) is 5.95 Å². The molecule has 0 N–H and O–H groups in total. The summed E-state index contributed by atoms with van der Waals surface area (Å²) in [5.41, 5.74) is 1.60. The van der Waals surface area contributed by atoms with Gasteiger partial charge in [-0.05, 0) is 38.3 Å². The summed E-state index contributed by atoms with van der Waals surface area (Å²) in [5.74, 6) is 0.642. The summed E-state index contributed by atoms with van der Waals surface area (Å²) in [7, 11) is 0. The minimum absolute atomic E-state index is 0.0395. The molecule has 5 heteroatoms. The molecule has 2 aromatic rings. The van der Waals surface area contributed by atoms with Gasteiger partial charge in [-0.2, -0.15) is 0 Å². The Morgan fingerprint density at radius 2 is 1.77 bits per heavy atom. The monoisotopic (exact) mass is 352 g/mol. The van der Waals surface area contributed by atoms with Crippen LogP contribution in [0.5, 0.6) is 0 Å². The van der Waals surface area contributed by atoms with Crippen LogP contribution in [0.2, 0.25) is 0 Å². The van der Waals surface area contributed by atoms with Crippen molar-refractivity contribution in [3.05, 3.63) is 53.9 Å². The Kier molecular flexibility index (Phi) is 6.21. The van der Waals surface area contributed by atoms with Crippen LogP contribution in [-0.4, -0.2) is 39.9 Å². The first-order valence-corrected chi connectivity index (χ1v) is 9.58. The van der Waals surface area contributed by atoms with Crippen molar-refractivity contribution >= 4 is 11.9 Å². The third-order valence-electron chi connectivity index (χ3n) is 4.83. The number of nitrogens with zero attached hydrogens (tertiary/aromatic N) is 4. The van der Waals surface area contributed by atoms with E-state index >= 15 is 0 Å². The molecule has 1 amide bonds.